The zero-order chi connectivity index (χ0) is 18.3. The Bertz CT molecular complexity index is 664. The van der Waals surface area contributed by atoms with Crippen LogP contribution in [0.25, 0.3) is 0 Å². The number of sulfonamides is 1. The van der Waals surface area contributed by atoms with Crippen molar-refractivity contribution in [3.05, 3.63) is 35.9 Å². The molecule has 0 aromatic heterocycles. The topological polar surface area (TPSA) is 94.0 Å². The third-order valence-electron chi connectivity index (χ3n) is 4.49. The van der Waals surface area contributed by atoms with Gasteiger partial charge in [0.25, 0.3) is 0 Å². The van der Waals surface area contributed by atoms with Crippen LogP contribution in [0, 0.1) is 0 Å². The lowest BCUT2D eigenvalue weighted by Gasteiger charge is -2.24. The van der Waals surface area contributed by atoms with Gasteiger partial charge in [-0.25, -0.2) is 8.42 Å². The Kier molecular flexibility index (Phi) is 7.22. The maximum absolute atomic E-state index is 11.8. The summed E-state index contributed by atoms with van der Waals surface area (Å²) < 4.78 is 25.1. The fraction of sp³-hybridized carbons (Fsp3) is 0.588. The predicted octanol–water partition coefficient (Wildman–Crippen LogP) is 0.352. The van der Waals surface area contributed by atoms with E-state index in [1.165, 1.54) is 6.26 Å². The summed E-state index contributed by atoms with van der Waals surface area (Å²) in [7, 11) is -1.50. The van der Waals surface area contributed by atoms with Crippen LogP contribution in [0.4, 0.5) is 0 Å². The van der Waals surface area contributed by atoms with Gasteiger partial charge in [-0.2, -0.15) is 4.31 Å². The molecule has 2 rings (SSSR count). The van der Waals surface area contributed by atoms with Gasteiger partial charge < -0.3 is 15.7 Å². The predicted molar refractivity (Wildman–Crippen MR) is 100 cm³/mol. The SMILES string of the molecule is CN=C(NCC(CO)c1ccccc1)NC[C@H]1CCCN1S(C)(=O)=O. The van der Waals surface area contributed by atoms with Gasteiger partial charge in [-0.05, 0) is 18.4 Å². The Morgan fingerprint density at radius 3 is 2.68 bits per heavy atom. The Labute approximate surface area is 150 Å². The molecule has 0 amide bonds. The lowest BCUT2D eigenvalue weighted by atomic mass is 10.0. The molecule has 8 heteroatoms. The van der Waals surface area contributed by atoms with E-state index in [0.29, 0.717) is 25.6 Å². The van der Waals surface area contributed by atoms with Crippen LogP contribution in [-0.4, -0.2) is 69.4 Å². The Morgan fingerprint density at radius 1 is 1.36 bits per heavy atom. The monoisotopic (exact) mass is 368 g/mol. The van der Waals surface area contributed by atoms with Crippen LogP contribution in [0.2, 0.25) is 0 Å². The summed E-state index contributed by atoms with van der Waals surface area (Å²) in [5, 5.41) is 16.0. The number of hydrogen-bond acceptors (Lipinski definition) is 4. The highest BCUT2D eigenvalue weighted by atomic mass is 32.2. The van der Waals surface area contributed by atoms with Crippen molar-refractivity contribution >= 4 is 16.0 Å². The van der Waals surface area contributed by atoms with E-state index in [4.69, 9.17) is 0 Å². The standard InChI is InChI=1S/C17H28N4O3S/c1-18-17(19-11-15(13-22)14-7-4-3-5-8-14)20-12-16-9-6-10-21(16)25(2,23)24/h3-5,7-8,15-16,22H,6,9-13H2,1-2H3,(H2,18,19,20)/t15?,16-/m1/s1. The lowest BCUT2D eigenvalue weighted by Crippen LogP contribution is -2.47. The van der Waals surface area contributed by atoms with Crippen molar-refractivity contribution in [1.29, 1.82) is 0 Å². The Morgan fingerprint density at radius 2 is 2.08 bits per heavy atom. The van der Waals surface area contributed by atoms with Crippen molar-refractivity contribution in [2.24, 2.45) is 4.99 Å². The molecule has 7 nitrogen and oxygen atoms in total. The summed E-state index contributed by atoms with van der Waals surface area (Å²) in [5.74, 6) is 0.577. The quantitative estimate of drug-likeness (QED) is 0.477. The molecule has 1 aliphatic heterocycles. The van der Waals surface area contributed by atoms with Crippen molar-refractivity contribution in [3.63, 3.8) is 0 Å². The molecule has 0 bridgehead atoms. The summed E-state index contributed by atoms with van der Waals surface area (Å²) in [4.78, 5) is 4.18. The van der Waals surface area contributed by atoms with E-state index >= 15 is 0 Å². The molecule has 1 fully saturated rings. The van der Waals surface area contributed by atoms with Gasteiger partial charge in [0.1, 0.15) is 0 Å². The van der Waals surface area contributed by atoms with Crippen LogP contribution in [0.3, 0.4) is 0 Å². The van der Waals surface area contributed by atoms with Gasteiger partial charge in [0.15, 0.2) is 5.96 Å². The summed E-state index contributed by atoms with van der Waals surface area (Å²) >= 11 is 0. The molecular formula is C17H28N4O3S. The first-order chi connectivity index (χ1) is 12.0. The van der Waals surface area contributed by atoms with Crippen LogP contribution in [-0.2, 0) is 10.0 Å². The van der Waals surface area contributed by atoms with E-state index in [1.54, 1.807) is 11.4 Å². The van der Waals surface area contributed by atoms with Gasteiger partial charge in [-0.15, -0.1) is 0 Å². The molecule has 1 aromatic carbocycles. The number of aliphatic hydroxyl groups excluding tert-OH is 1. The van der Waals surface area contributed by atoms with Gasteiger partial charge in [0.05, 0.1) is 12.9 Å². The number of aliphatic hydroxyl groups is 1. The third-order valence-corrected chi connectivity index (χ3v) is 5.82. The van der Waals surface area contributed by atoms with Crippen LogP contribution < -0.4 is 10.6 Å². The fourth-order valence-corrected chi connectivity index (χ4v) is 4.30. The number of nitrogens with zero attached hydrogens (tertiary/aromatic N) is 2. The smallest absolute Gasteiger partial charge is 0.211 e. The minimum Gasteiger partial charge on any atom is -0.396 e. The summed E-state index contributed by atoms with van der Waals surface area (Å²) in [5.41, 5.74) is 1.06. The number of nitrogens with one attached hydrogen (secondary N) is 2. The first-order valence-corrected chi connectivity index (χ1v) is 10.4. The summed E-state index contributed by atoms with van der Waals surface area (Å²) in [6, 6.07) is 9.77. The van der Waals surface area contributed by atoms with Crippen molar-refractivity contribution in [3.8, 4) is 0 Å². The van der Waals surface area contributed by atoms with Gasteiger partial charge in [0, 0.05) is 38.6 Å². The molecule has 25 heavy (non-hydrogen) atoms. The number of rotatable bonds is 7. The molecule has 3 N–H and O–H groups in total. The lowest BCUT2D eigenvalue weighted by molar-refractivity contribution is 0.265. The molecule has 1 heterocycles. The normalized spacial score (nSPS) is 20.4. The second-order valence-corrected chi connectivity index (χ2v) is 8.23. The molecule has 1 unspecified atom stereocenters. The number of hydrogen-bond donors (Lipinski definition) is 3. The molecule has 0 spiro atoms. The molecule has 0 aliphatic carbocycles. The molecule has 2 atom stereocenters. The van der Waals surface area contributed by atoms with Gasteiger partial charge in [-0.1, -0.05) is 30.3 Å². The van der Waals surface area contributed by atoms with Crippen LogP contribution in [0.15, 0.2) is 35.3 Å². The second-order valence-electron chi connectivity index (χ2n) is 6.29. The third kappa shape index (κ3) is 5.69. The largest absolute Gasteiger partial charge is 0.396 e. The van der Waals surface area contributed by atoms with Crippen molar-refractivity contribution in [2.75, 3.05) is 39.5 Å². The maximum atomic E-state index is 11.8. The first kappa shape index (κ1) is 19.7. The first-order valence-electron chi connectivity index (χ1n) is 8.53. The molecule has 140 valence electrons. The van der Waals surface area contributed by atoms with E-state index in [9.17, 15) is 13.5 Å². The average Bonchev–Trinajstić information content (AvgIpc) is 3.08. The maximum Gasteiger partial charge on any atom is 0.211 e. The zero-order valence-corrected chi connectivity index (χ0v) is 15.7. The molecule has 0 radical (unpaired) electrons. The van der Waals surface area contributed by atoms with Gasteiger partial charge >= 0.3 is 0 Å². The zero-order valence-electron chi connectivity index (χ0n) is 14.9. The highest BCUT2D eigenvalue weighted by molar-refractivity contribution is 7.88. The van der Waals surface area contributed by atoms with E-state index in [0.717, 1.165) is 18.4 Å². The molecule has 0 saturated carbocycles. The average molecular weight is 369 g/mol. The fourth-order valence-electron chi connectivity index (χ4n) is 3.12. The number of aliphatic imine (C=N–C) groups is 1. The highest BCUT2D eigenvalue weighted by Gasteiger charge is 2.31. The minimum atomic E-state index is -3.17. The Balaban J connectivity index is 1.86. The van der Waals surface area contributed by atoms with Gasteiger partial charge in [-0.3, -0.25) is 4.99 Å². The van der Waals surface area contributed by atoms with E-state index in [-0.39, 0.29) is 18.6 Å². The molecular weight excluding hydrogens is 340 g/mol. The molecule has 1 aliphatic rings. The molecule has 1 saturated heterocycles. The van der Waals surface area contributed by atoms with E-state index in [2.05, 4.69) is 15.6 Å². The summed E-state index contributed by atoms with van der Waals surface area (Å²) in [6.07, 6.45) is 2.98. The van der Waals surface area contributed by atoms with Crippen molar-refractivity contribution in [2.45, 2.75) is 24.8 Å². The van der Waals surface area contributed by atoms with Crippen LogP contribution >= 0.6 is 0 Å². The highest BCUT2D eigenvalue weighted by Crippen LogP contribution is 2.19. The van der Waals surface area contributed by atoms with Crippen LogP contribution in [0.5, 0.6) is 0 Å². The van der Waals surface area contributed by atoms with Crippen molar-refractivity contribution in [1.82, 2.24) is 14.9 Å². The second kappa shape index (κ2) is 9.17. The minimum absolute atomic E-state index is 0.0289. The van der Waals surface area contributed by atoms with E-state index < -0.39 is 10.0 Å². The van der Waals surface area contributed by atoms with Crippen molar-refractivity contribution < 1.29 is 13.5 Å². The van der Waals surface area contributed by atoms with Crippen LogP contribution in [0.1, 0.15) is 24.3 Å². The molecule has 1 aromatic rings. The Hall–Kier alpha value is -1.64. The summed E-state index contributed by atoms with van der Waals surface area (Å²) in [6.45, 7) is 1.68. The van der Waals surface area contributed by atoms with Gasteiger partial charge in [0.2, 0.25) is 10.0 Å². The number of guanidine groups is 1. The number of benzene rings is 1. The van der Waals surface area contributed by atoms with E-state index in [1.807, 2.05) is 30.3 Å².